The minimum absolute atomic E-state index is 0.0229. The Hall–Kier alpha value is -5.02. The van der Waals surface area contributed by atoms with Gasteiger partial charge in [0.2, 0.25) is 5.91 Å². The highest BCUT2D eigenvalue weighted by Gasteiger charge is 2.19. The van der Waals surface area contributed by atoms with E-state index in [9.17, 15) is 9.59 Å². The van der Waals surface area contributed by atoms with Crippen LogP contribution in [0.5, 0.6) is 0 Å². The zero-order valence-electron chi connectivity index (χ0n) is 27.2. The van der Waals surface area contributed by atoms with E-state index >= 15 is 0 Å². The largest absolute Gasteiger partial charge is 0.340 e. The van der Waals surface area contributed by atoms with Crippen LogP contribution in [0.25, 0.3) is 16.9 Å². The quantitative estimate of drug-likeness (QED) is 0.213. The Morgan fingerprint density at radius 3 is 2.30 bits per heavy atom. The Labute approximate surface area is 270 Å². The van der Waals surface area contributed by atoms with Gasteiger partial charge in [-0.1, -0.05) is 57.2 Å². The Morgan fingerprint density at radius 2 is 1.63 bits per heavy atom. The van der Waals surface area contributed by atoms with Crippen LogP contribution in [-0.2, 0) is 16.8 Å². The minimum Gasteiger partial charge on any atom is -0.340 e. The molecule has 2 amide bonds. The number of nitrogens with zero attached hydrogens (tertiary/aromatic N) is 5. The van der Waals surface area contributed by atoms with Gasteiger partial charge in [0, 0.05) is 80.7 Å². The van der Waals surface area contributed by atoms with E-state index < -0.39 is 0 Å². The number of carbonyl (C=O) groups is 2. The molecule has 0 spiro atoms. The number of hydrogen-bond acceptors (Lipinski definition) is 6. The fraction of sp³-hybridized carbons (Fsp3) is 0.297. The molecule has 1 saturated heterocycles. The summed E-state index contributed by atoms with van der Waals surface area (Å²) in [6.45, 7) is 14.2. The van der Waals surface area contributed by atoms with Gasteiger partial charge >= 0.3 is 0 Å². The molecule has 0 atom stereocenters. The van der Waals surface area contributed by atoms with Crippen molar-refractivity contribution < 1.29 is 9.59 Å². The van der Waals surface area contributed by atoms with Crippen molar-refractivity contribution in [1.29, 1.82) is 0 Å². The number of benzene rings is 3. The number of nitrogens with one attached hydrogen (secondary N) is 2. The first-order chi connectivity index (χ1) is 22.0. The molecular weight excluding hydrogens is 574 g/mol. The highest BCUT2D eigenvalue weighted by molar-refractivity contribution is 6.05. The van der Waals surface area contributed by atoms with Gasteiger partial charge in [0.25, 0.3) is 5.91 Å². The van der Waals surface area contributed by atoms with Crippen molar-refractivity contribution in [3.05, 3.63) is 108 Å². The number of amides is 2. The van der Waals surface area contributed by atoms with Gasteiger partial charge in [0.15, 0.2) is 11.5 Å². The molecule has 9 nitrogen and oxygen atoms in total. The molecule has 236 valence electrons. The first-order valence-corrected chi connectivity index (χ1v) is 15.7. The minimum atomic E-state index is -0.150. The van der Waals surface area contributed by atoms with Crippen LogP contribution in [0.1, 0.15) is 54.7 Å². The molecule has 2 aromatic heterocycles. The molecule has 1 aliphatic heterocycles. The topological polar surface area (TPSA) is 94.9 Å². The number of fused-ring (bicyclic) bond motifs is 1. The summed E-state index contributed by atoms with van der Waals surface area (Å²) in [7, 11) is 0. The van der Waals surface area contributed by atoms with Crippen LogP contribution in [0, 0.1) is 6.92 Å². The van der Waals surface area contributed by atoms with Gasteiger partial charge in [0.1, 0.15) is 0 Å². The van der Waals surface area contributed by atoms with Crippen LogP contribution in [0.15, 0.2) is 85.3 Å². The van der Waals surface area contributed by atoms with Gasteiger partial charge in [-0.15, -0.1) is 0 Å². The van der Waals surface area contributed by atoms with Crippen LogP contribution in [-0.4, -0.2) is 62.2 Å². The van der Waals surface area contributed by atoms with E-state index in [1.54, 1.807) is 13.1 Å². The molecule has 5 aromatic rings. The van der Waals surface area contributed by atoms with E-state index in [0.717, 1.165) is 66.6 Å². The molecule has 0 bridgehead atoms. The third kappa shape index (κ3) is 6.94. The lowest BCUT2D eigenvalue weighted by atomic mass is 9.86. The molecule has 3 heterocycles. The highest BCUT2D eigenvalue weighted by Crippen LogP contribution is 2.29. The number of imidazole rings is 1. The zero-order valence-corrected chi connectivity index (χ0v) is 27.2. The number of rotatable bonds is 7. The molecule has 1 aliphatic rings. The lowest BCUT2D eigenvalue weighted by Crippen LogP contribution is -2.47. The van der Waals surface area contributed by atoms with Gasteiger partial charge in [-0.3, -0.25) is 14.5 Å². The monoisotopic (exact) mass is 615 g/mol. The molecular formula is C37H41N7O2. The number of aryl methyl sites for hydroxylation is 1. The van der Waals surface area contributed by atoms with Gasteiger partial charge in [-0.05, 0) is 59.4 Å². The molecule has 0 saturated carbocycles. The maximum absolute atomic E-state index is 13.2. The summed E-state index contributed by atoms with van der Waals surface area (Å²) in [5.74, 6) is 0.635. The van der Waals surface area contributed by atoms with Gasteiger partial charge < -0.3 is 19.9 Å². The smallest absolute Gasteiger partial charge is 0.255 e. The molecule has 6 rings (SSSR count). The van der Waals surface area contributed by atoms with Crippen LogP contribution < -0.4 is 10.6 Å². The third-order valence-corrected chi connectivity index (χ3v) is 8.61. The maximum atomic E-state index is 13.2. The highest BCUT2D eigenvalue weighted by atomic mass is 16.2. The summed E-state index contributed by atoms with van der Waals surface area (Å²) < 4.78 is 1.95. The Kier molecular flexibility index (Phi) is 8.60. The lowest BCUT2D eigenvalue weighted by Gasteiger charge is -2.34. The summed E-state index contributed by atoms with van der Waals surface area (Å²) >= 11 is 0. The first-order valence-electron chi connectivity index (χ1n) is 15.7. The molecule has 2 N–H and O–H groups in total. The van der Waals surface area contributed by atoms with Crippen LogP contribution in [0.4, 0.5) is 17.2 Å². The maximum Gasteiger partial charge on any atom is 0.255 e. The van der Waals surface area contributed by atoms with Crippen molar-refractivity contribution in [2.75, 3.05) is 36.8 Å². The molecule has 0 unspecified atom stereocenters. The summed E-state index contributed by atoms with van der Waals surface area (Å²) in [5.41, 5.74) is 8.00. The SMILES string of the molecule is CC(=O)N1CCN(Cc2ccc(Nc3nc(-c4ccc(C)c(NC(=O)c5ccc(C(C)(C)C)cc5)c4)cn4ccnc34)cc2)CC1. The van der Waals surface area contributed by atoms with Crippen molar-refractivity contribution in [2.24, 2.45) is 0 Å². The molecule has 46 heavy (non-hydrogen) atoms. The number of aromatic nitrogens is 3. The first kappa shape index (κ1) is 31.0. The predicted molar refractivity (Wildman–Crippen MR) is 184 cm³/mol. The van der Waals surface area contributed by atoms with Crippen LogP contribution in [0.2, 0.25) is 0 Å². The van der Waals surface area contributed by atoms with Crippen molar-refractivity contribution >= 4 is 34.7 Å². The number of anilines is 3. The summed E-state index contributed by atoms with van der Waals surface area (Å²) in [5, 5.41) is 6.57. The van der Waals surface area contributed by atoms with Gasteiger partial charge in [0.05, 0.1) is 5.69 Å². The van der Waals surface area contributed by atoms with Crippen molar-refractivity contribution in [3.8, 4) is 11.3 Å². The van der Waals surface area contributed by atoms with E-state index in [1.165, 1.54) is 11.1 Å². The second-order valence-electron chi connectivity index (χ2n) is 13.0. The van der Waals surface area contributed by atoms with Gasteiger partial charge in [-0.25, -0.2) is 9.97 Å². The number of piperazine rings is 1. The van der Waals surface area contributed by atoms with E-state index in [4.69, 9.17) is 4.98 Å². The summed E-state index contributed by atoms with van der Waals surface area (Å²) in [6.07, 6.45) is 5.61. The molecule has 1 fully saturated rings. The number of hydrogen-bond donors (Lipinski definition) is 2. The summed E-state index contributed by atoms with van der Waals surface area (Å²) in [6, 6.07) is 22.1. The van der Waals surface area contributed by atoms with Crippen molar-refractivity contribution in [1.82, 2.24) is 24.2 Å². The fourth-order valence-electron chi connectivity index (χ4n) is 5.70. The second-order valence-corrected chi connectivity index (χ2v) is 13.0. The van der Waals surface area contributed by atoms with Crippen molar-refractivity contribution in [3.63, 3.8) is 0 Å². The standard InChI is InChI=1S/C37H41N7O2/c1-25-6-9-29(22-32(25)41-36(46)28-10-12-30(13-11-28)37(3,4)5)33-24-44-17-16-38-35(44)34(40-33)39-31-14-7-27(8-15-31)23-42-18-20-43(21-19-42)26(2)45/h6-17,22,24H,18-21,23H2,1-5H3,(H,39,40)(H,41,46). The Balaban J connectivity index is 1.18. The molecule has 3 aromatic carbocycles. The number of carbonyl (C=O) groups excluding carboxylic acids is 2. The predicted octanol–water partition coefficient (Wildman–Crippen LogP) is 6.66. The third-order valence-electron chi connectivity index (χ3n) is 8.61. The van der Waals surface area contributed by atoms with E-state index in [1.807, 2.05) is 71.1 Å². The summed E-state index contributed by atoms with van der Waals surface area (Å²) in [4.78, 5) is 38.6. The fourth-order valence-corrected chi connectivity index (χ4v) is 5.70. The average Bonchev–Trinajstić information content (AvgIpc) is 3.52. The zero-order chi connectivity index (χ0) is 32.4. The average molecular weight is 616 g/mol. The van der Waals surface area contributed by atoms with E-state index in [0.29, 0.717) is 11.4 Å². The van der Waals surface area contributed by atoms with Gasteiger partial charge in [-0.2, -0.15) is 0 Å². The molecule has 0 radical (unpaired) electrons. The van der Waals surface area contributed by atoms with E-state index in [2.05, 4.69) is 65.6 Å². The Bertz CT molecular complexity index is 1860. The molecule has 0 aliphatic carbocycles. The Morgan fingerprint density at radius 1 is 0.913 bits per heavy atom. The second kappa shape index (κ2) is 12.8. The normalized spacial score (nSPS) is 14.0. The van der Waals surface area contributed by atoms with Crippen molar-refractivity contribution in [2.45, 2.75) is 46.6 Å². The van der Waals surface area contributed by atoms with E-state index in [-0.39, 0.29) is 17.2 Å². The van der Waals surface area contributed by atoms with Crippen LogP contribution >= 0.6 is 0 Å². The molecule has 9 heteroatoms. The lowest BCUT2D eigenvalue weighted by molar-refractivity contribution is -0.130. The van der Waals surface area contributed by atoms with Crippen LogP contribution in [0.3, 0.4) is 0 Å².